The van der Waals surface area contributed by atoms with E-state index >= 15 is 0 Å². The van der Waals surface area contributed by atoms with Gasteiger partial charge in [-0.25, -0.2) is 0 Å². The summed E-state index contributed by atoms with van der Waals surface area (Å²) in [6.45, 7) is 13.6. The Labute approximate surface area is 196 Å². The number of aliphatic hydroxyl groups excluding tert-OH is 2. The Kier molecular flexibility index (Phi) is 5.50. The third kappa shape index (κ3) is 2.82. The van der Waals surface area contributed by atoms with Gasteiger partial charge in [-0.3, -0.25) is 4.79 Å². The van der Waals surface area contributed by atoms with Crippen LogP contribution < -0.4 is 0 Å². The molecule has 1 spiro atoms. The molecule has 0 saturated heterocycles. The summed E-state index contributed by atoms with van der Waals surface area (Å²) in [6.07, 6.45) is 9.02. The molecule has 5 aliphatic carbocycles. The first-order chi connectivity index (χ1) is 15.0. The van der Waals surface area contributed by atoms with Gasteiger partial charge in [0.25, 0.3) is 0 Å². The maximum atomic E-state index is 13.5. The minimum Gasteiger partial charge on any atom is -0.390 e. The molecule has 5 aliphatic rings. The van der Waals surface area contributed by atoms with Gasteiger partial charge < -0.3 is 10.2 Å². The molecule has 5 rings (SSSR count). The van der Waals surface area contributed by atoms with Crippen molar-refractivity contribution in [1.29, 1.82) is 0 Å². The standard InChI is InChI=1S/C29H48O3/c1-7-19(16(2)3)26(32)25(31)17(4)21-8-9-22-20-14-24(30)29-15-18(29)10-13-28(29,6)23(20)11-12-27(21,22)5/h16-23,25-26,31-32H,7-15H2,1-6H3/t17-,18+,19+,20-,21+,22-,23-,25+,26+,27+,28+,29-/m0/s1. The maximum Gasteiger partial charge on any atom is 0.140 e. The fraction of sp³-hybridized carbons (Fsp3) is 0.966. The fourth-order valence-electron chi connectivity index (χ4n) is 10.8. The Morgan fingerprint density at radius 3 is 2.31 bits per heavy atom. The summed E-state index contributed by atoms with van der Waals surface area (Å²) in [6, 6.07) is 0. The highest BCUT2D eigenvalue weighted by Gasteiger charge is 2.77. The lowest BCUT2D eigenvalue weighted by Crippen LogP contribution is -2.55. The smallest absolute Gasteiger partial charge is 0.140 e. The van der Waals surface area contributed by atoms with Crippen LogP contribution in [0.2, 0.25) is 0 Å². The number of aliphatic hydroxyl groups is 2. The van der Waals surface area contributed by atoms with Gasteiger partial charge in [0.15, 0.2) is 0 Å². The second-order valence-corrected chi connectivity index (χ2v) is 13.7. The van der Waals surface area contributed by atoms with Gasteiger partial charge in [0.05, 0.1) is 12.2 Å². The number of hydrogen-bond acceptors (Lipinski definition) is 3. The van der Waals surface area contributed by atoms with Crippen molar-refractivity contribution < 1.29 is 15.0 Å². The first-order valence-electron chi connectivity index (χ1n) is 13.9. The van der Waals surface area contributed by atoms with E-state index in [-0.39, 0.29) is 28.1 Å². The van der Waals surface area contributed by atoms with E-state index in [9.17, 15) is 15.0 Å². The second-order valence-electron chi connectivity index (χ2n) is 13.7. The lowest BCUT2D eigenvalue weighted by atomic mass is 9.45. The van der Waals surface area contributed by atoms with Crippen molar-refractivity contribution in [2.45, 2.75) is 112 Å². The zero-order valence-corrected chi connectivity index (χ0v) is 21.4. The fourth-order valence-corrected chi connectivity index (χ4v) is 10.8. The van der Waals surface area contributed by atoms with Crippen LogP contribution in [-0.4, -0.2) is 28.2 Å². The molecule has 2 N–H and O–H groups in total. The van der Waals surface area contributed by atoms with E-state index < -0.39 is 12.2 Å². The van der Waals surface area contributed by atoms with Gasteiger partial charge in [-0.2, -0.15) is 0 Å². The first-order valence-corrected chi connectivity index (χ1v) is 13.9. The third-order valence-corrected chi connectivity index (χ3v) is 12.7. The van der Waals surface area contributed by atoms with Gasteiger partial charge in [0.2, 0.25) is 0 Å². The minimum atomic E-state index is -0.656. The zero-order chi connectivity index (χ0) is 23.2. The van der Waals surface area contributed by atoms with Gasteiger partial charge in [-0.05, 0) is 103 Å². The first kappa shape index (κ1) is 23.3. The van der Waals surface area contributed by atoms with Crippen LogP contribution in [0.1, 0.15) is 99.3 Å². The van der Waals surface area contributed by atoms with Crippen molar-refractivity contribution in [3.63, 3.8) is 0 Å². The monoisotopic (exact) mass is 444 g/mol. The maximum absolute atomic E-state index is 13.5. The summed E-state index contributed by atoms with van der Waals surface area (Å²) in [5.41, 5.74) is 0.521. The highest BCUT2D eigenvalue weighted by atomic mass is 16.3. The number of carbonyl (C=O) groups is 1. The molecule has 12 atom stereocenters. The Morgan fingerprint density at radius 1 is 0.969 bits per heavy atom. The molecule has 0 unspecified atom stereocenters. The number of rotatable bonds is 6. The van der Waals surface area contributed by atoms with Crippen molar-refractivity contribution >= 4 is 5.78 Å². The molecule has 0 aromatic heterocycles. The lowest BCUT2D eigenvalue weighted by molar-refractivity contribution is -0.153. The van der Waals surface area contributed by atoms with Crippen molar-refractivity contribution in [1.82, 2.24) is 0 Å². The molecule has 0 aromatic carbocycles. The Morgan fingerprint density at radius 2 is 1.69 bits per heavy atom. The Bertz CT molecular complexity index is 762. The highest BCUT2D eigenvalue weighted by molar-refractivity contribution is 5.91. The summed E-state index contributed by atoms with van der Waals surface area (Å²) >= 11 is 0. The molecule has 0 aromatic rings. The predicted octanol–water partition coefficient (Wildman–Crippen LogP) is 5.86. The van der Waals surface area contributed by atoms with Gasteiger partial charge in [0, 0.05) is 11.8 Å². The quantitative estimate of drug-likeness (QED) is 0.539. The van der Waals surface area contributed by atoms with Gasteiger partial charge in [0.1, 0.15) is 5.78 Å². The average molecular weight is 445 g/mol. The van der Waals surface area contributed by atoms with Crippen LogP contribution in [0.5, 0.6) is 0 Å². The zero-order valence-electron chi connectivity index (χ0n) is 21.4. The van der Waals surface area contributed by atoms with Crippen molar-refractivity contribution in [3.05, 3.63) is 0 Å². The van der Waals surface area contributed by atoms with Crippen LogP contribution in [-0.2, 0) is 4.79 Å². The molecule has 0 amide bonds. The molecule has 5 fully saturated rings. The largest absolute Gasteiger partial charge is 0.390 e. The van der Waals surface area contributed by atoms with E-state index in [4.69, 9.17) is 0 Å². The van der Waals surface area contributed by atoms with Crippen molar-refractivity contribution in [3.8, 4) is 0 Å². The van der Waals surface area contributed by atoms with Crippen LogP contribution >= 0.6 is 0 Å². The summed E-state index contributed by atoms with van der Waals surface area (Å²) in [5, 5.41) is 22.3. The summed E-state index contributed by atoms with van der Waals surface area (Å²) in [5.74, 6) is 4.27. The number of fused-ring (bicyclic) bond motifs is 4. The van der Waals surface area contributed by atoms with Gasteiger partial charge in [-0.1, -0.05) is 48.0 Å². The summed E-state index contributed by atoms with van der Waals surface area (Å²) < 4.78 is 0. The molecule has 32 heavy (non-hydrogen) atoms. The summed E-state index contributed by atoms with van der Waals surface area (Å²) in [7, 11) is 0. The molecule has 3 nitrogen and oxygen atoms in total. The van der Waals surface area contributed by atoms with Crippen LogP contribution in [0.15, 0.2) is 0 Å². The predicted molar refractivity (Wildman–Crippen MR) is 128 cm³/mol. The van der Waals surface area contributed by atoms with Crippen LogP contribution in [0.25, 0.3) is 0 Å². The van der Waals surface area contributed by atoms with Crippen LogP contribution in [0, 0.1) is 63.6 Å². The van der Waals surface area contributed by atoms with Crippen LogP contribution in [0.4, 0.5) is 0 Å². The average Bonchev–Trinajstić information content (AvgIpc) is 3.27. The molecule has 3 heteroatoms. The van der Waals surface area contributed by atoms with E-state index in [1.807, 2.05) is 0 Å². The number of carbonyl (C=O) groups excluding carboxylic acids is 1. The summed E-state index contributed by atoms with van der Waals surface area (Å²) in [4.78, 5) is 13.5. The van der Waals surface area contributed by atoms with E-state index in [0.29, 0.717) is 35.4 Å². The molecule has 0 aliphatic heterocycles. The highest BCUT2D eigenvalue weighted by Crippen LogP contribution is 2.80. The topological polar surface area (TPSA) is 57.5 Å². The normalized spacial score (nSPS) is 50.8. The number of Topliss-reactive ketones (excluding diaryl/α,β-unsaturated/α-hetero) is 1. The lowest BCUT2D eigenvalue weighted by Gasteiger charge is -2.58. The molecule has 5 saturated carbocycles. The molecule has 0 heterocycles. The molecule has 0 radical (unpaired) electrons. The SMILES string of the molecule is CC[C@H](C(C)C)[C@@H](O)[C@H](O)[C@@H](C)[C@H]1CC[C@H]2[C@@H]3CC(=O)[C@]45C[C@H]4CC[C@]5(C)[C@H]3CC[C@]12C. The van der Waals surface area contributed by atoms with Gasteiger partial charge >= 0.3 is 0 Å². The second kappa shape index (κ2) is 7.54. The number of ketones is 1. The van der Waals surface area contributed by atoms with E-state index in [0.717, 1.165) is 25.2 Å². The van der Waals surface area contributed by atoms with Gasteiger partial charge in [-0.15, -0.1) is 0 Å². The van der Waals surface area contributed by atoms with Crippen molar-refractivity contribution in [2.24, 2.45) is 63.6 Å². The van der Waals surface area contributed by atoms with Crippen molar-refractivity contribution in [2.75, 3.05) is 0 Å². The molecule has 182 valence electrons. The number of hydrogen-bond donors (Lipinski definition) is 2. The molecular formula is C29H48O3. The Balaban J connectivity index is 1.36. The molecular weight excluding hydrogens is 396 g/mol. The van der Waals surface area contributed by atoms with E-state index in [1.165, 1.54) is 38.5 Å². The molecule has 0 bridgehead atoms. The van der Waals surface area contributed by atoms with E-state index in [2.05, 4.69) is 41.5 Å². The Hall–Kier alpha value is -0.410. The van der Waals surface area contributed by atoms with E-state index in [1.54, 1.807) is 0 Å². The third-order valence-electron chi connectivity index (χ3n) is 12.7. The minimum absolute atomic E-state index is 0.0690. The van der Waals surface area contributed by atoms with Crippen LogP contribution in [0.3, 0.4) is 0 Å².